The van der Waals surface area contributed by atoms with Crippen LogP contribution in [0.15, 0.2) is 394 Å². The SMILES string of the molecule is CC1(C)c2ccccc2-c2cc3c4ccccc4n(-c4cccc(-c5cc(-c6ccccc6)c6c7cccc8c9c(-c%10cccc(-c%11nc(-c%12ccccc%12)nc(-c%12ccccc%12)n%11)c%10)c(-c%10ccccc%10)cc(-c%10cccc(-c%11nc(-c%12ccccc%12)nc(-c%12ccccc%12)n%11)c%10)c9c9cccc(c6c5-c5ccccc5)c9c78)c4)c3cc21. The Balaban J connectivity index is 0.833. The second-order valence-electron chi connectivity index (χ2n) is 31.5. The first-order chi connectivity index (χ1) is 58.3. The van der Waals surface area contributed by atoms with Gasteiger partial charge in [-0.05, 0) is 197 Å². The average Bonchev–Trinajstić information content (AvgIpc) is 0.915. The van der Waals surface area contributed by atoms with Crippen LogP contribution in [0.2, 0.25) is 0 Å². The van der Waals surface area contributed by atoms with Crippen molar-refractivity contribution in [3.05, 3.63) is 405 Å². The highest BCUT2D eigenvalue weighted by Crippen LogP contribution is 2.57. The smallest absolute Gasteiger partial charge is 0.164 e. The number of rotatable bonds is 13. The predicted molar refractivity (Wildman–Crippen MR) is 489 cm³/mol. The monoisotopic (exact) mass is 1500 g/mol. The van der Waals surface area contributed by atoms with Gasteiger partial charge in [0.25, 0.3) is 0 Å². The van der Waals surface area contributed by atoms with Crippen LogP contribution in [0.1, 0.15) is 25.0 Å². The molecular formula is C111H71N7. The van der Waals surface area contributed by atoms with Crippen LogP contribution in [0.5, 0.6) is 0 Å². The number of nitrogens with zero attached hydrogens (tertiary/aromatic N) is 7. The highest BCUT2D eigenvalue weighted by molar-refractivity contribution is 6.45. The van der Waals surface area contributed by atoms with Gasteiger partial charge in [0, 0.05) is 55.3 Å². The van der Waals surface area contributed by atoms with Crippen LogP contribution in [0.25, 0.3) is 228 Å². The van der Waals surface area contributed by atoms with Gasteiger partial charge in [0.05, 0.1) is 11.0 Å². The number of aromatic nitrogens is 7. The molecule has 0 atom stereocenters. The Bertz CT molecular complexity index is 7660. The Hall–Kier alpha value is -15.4. The van der Waals surface area contributed by atoms with Crippen molar-refractivity contribution in [2.45, 2.75) is 19.3 Å². The normalized spacial score (nSPS) is 12.4. The minimum absolute atomic E-state index is 0.189. The third-order valence-electron chi connectivity index (χ3n) is 24.4. The number of hydrogen-bond acceptors (Lipinski definition) is 6. The lowest BCUT2D eigenvalue weighted by atomic mass is 9.76. The fraction of sp³-hybridized carbons (Fsp3) is 0.0270. The summed E-state index contributed by atoms with van der Waals surface area (Å²) in [6.45, 7) is 4.76. The van der Waals surface area contributed by atoms with Crippen LogP contribution in [0.4, 0.5) is 0 Å². The molecule has 0 aliphatic heterocycles. The fourth-order valence-corrected chi connectivity index (χ4v) is 19.1. The highest BCUT2D eigenvalue weighted by atomic mass is 15.0. The molecule has 0 fully saturated rings. The van der Waals surface area contributed by atoms with E-state index in [0.717, 1.165) is 133 Å². The molecule has 550 valence electrons. The van der Waals surface area contributed by atoms with E-state index in [4.69, 9.17) is 29.9 Å². The Morgan fingerprint density at radius 1 is 0.186 bits per heavy atom. The molecule has 3 aromatic heterocycles. The summed E-state index contributed by atoms with van der Waals surface area (Å²) in [5, 5.41) is 14.0. The second kappa shape index (κ2) is 27.4. The second-order valence-corrected chi connectivity index (χ2v) is 31.5. The Labute approximate surface area is 682 Å². The molecule has 19 aromatic carbocycles. The van der Waals surface area contributed by atoms with Crippen LogP contribution in [-0.4, -0.2) is 34.5 Å². The quantitative estimate of drug-likeness (QED) is 0.0845. The lowest BCUT2D eigenvalue weighted by Crippen LogP contribution is -2.14. The van der Waals surface area contributed by atoms with Crippen molar-refractivity contribution in [1.82, 2.24) is 34.5 Å². The van der Waals surface area contributed by atoms with Crippen LogP contribution in [0, 0.1) is 0 Å². The van der Waals surface area contributed by atoms with E-state index in [1.165, 1.54) is 71.2 Å². The first-order valence-corrected chi connectivity index (χ1v) is 40.4. The van der Waals surface area contributed by atoms with Crippen molar-refractivity contribution in [1.29, 1.82) is 0 Å². The van der Waals surface area contributed by atoms with Crippen LogP contribution in [0.3, 0.4) is 0 Å². The van der Waals surface area contributed by atoms with Crippen molar-refractivity contribution < 1.29 is 0 Å². The summed E-state index contributed by atoms with van der Waals surface area (Å²) in [6, 6.07) is 143. The molecule has 22 aromatic rings. The molecule has 0 saturated heterocycles. The maximum absolute atomic E-state index is 5.36. The fourth-order valence-electron chi connectivity index (χ4n) is 19.1. The lowest BCUT2D eigenvalue weighted by Gasteiger charge is -2.26. The minimum atomic E-state index is -0.189. The van der Waals surface area contributed by atoms with Gasteiger partial charge >= 0.3 is 0 Å². The molecular weight excluding hydrogens is 1430 g/mol. The summed E-state index contributed by atoms with van der Waals surface area (Å²) in [5.74, 6) is 3.54. The molecule has 0 radical (unpaired) electrons. The first-order valence-electron chi connectivity index (χ1n) is 40.4. The molecule has 0 unspecified atom stereocenters. The Morgan fingerprint density at radius 2 is 0.525 bits per heavy atom. The van der Waals surface area contributed by atoms with E-state index in [1.807, 2.05) is 72.8 Å². The average molecular weight is 1500 g/mol. The van der Waals surface area contributed by atoms with Gasteiger partial charge in [0.1, 0.15) is 0 Å². The third kappa shape index (κ3) is 11.0. The maximum atomic E-state index is 5.36. The first kappa shape index (κ1) is 68.2. The van der Waals surface area contributed by atoms with Crippen LogP contribution >= 0.6 is 0 Å². The molecule has 0 saturated carbocycles. The molecule has 1 aliphatic rings. The van der Waals surface area contributed by atoms with Crippen molar-refractivity contribution in [3.63, 3.8) is 0 Å². The van der Waals surface area contributed by atoms with Crippen molar-refractivity contribution >= 4 is 75.7 Å². The van der Waals surface area contributed by atoms with Crippen LogP contribution < -0.4 is 0 Å². The predicted octanol–water partition coefficient (Wildman–Crippen LogP) is 28.7. The van der Waals surface area contributed by atoms with Crippen molar-refractivity contribution in [3.8, 4) is 152 Å². The van der Waals surface area contributed by atoms with E-state index < -0.39 is 0 Å². The van der Waals surface area contributed by atoms with Gasteiger partial charge in [0.15, 0.2) is 34.9 Å². The highest BCUT2D eigenvalue weighted by Gasteiger charge is 2.37. The van der Waals surface area contributed by atoms with E-state index >= 15 is 0 Å². The summed E-state index contributed by atoms with van der Waals surface area (Å²) in [7, 11) is 0. The van der Waals surface area contributed by atoms with Gasteiger partial charge in [-0.25, -0.2) is 29.9 Å². The number of benzene rings is 19. The van der Waals surface area contributed by atoms with Gasteiger partial charge in [-0.15, -0.1) is 0 Å². The molecule has 0 spiro atoms. The topological polar surface area (TPSA) is 82.3 Å². The Morgan fingerprint density at radius 3 is 1.03 bits per heavy atom. The molecule has 0 N–H and O–H groups in total. The Kier molecular flexibility index (Phi) is 15.8. The zero-order chi connectivity index (χ0) is 78.1. The summed E-state index contributed by atoms with van der Waals surface area (Å²) >= 11 is 0. The van der Waals surface area contributed by atoms with Crippen molar-refractivity contribution in [2.75, 3.05) is 0 Å². The summed E-state index contributed by atoms with van der Waals surface area (Å²) in [6.07, 6.45) is 0. The molecule has 23 rings (SSSR count). The number of fused-ring (bicyclic) bond motifs is 12. The molecule has 118 heavy (non-hydrogen) atoms. The van der Waals surface area contributed by atoms with Gasteiger partial charge in [-0.1, -0.05) is 354 Å². The van der Waals surface area contributed by atoms with E-state index in [1.54, 1.807) is 0 Å². The van der Waals surface area contributed by atoms with E-state index in [0.29, 0.717) is 34.9 Å². The van der Waals surface area contributed by atoms with Gasteiger partial charge in [-0.3, -0.25) is 0 Å². The van der Waals surface area contributed by atoms with Crippen LogP contribution in [-0.2, 0) is 5.41 Å². The molecule has 7 heteroatoms. The molecule has 0 amide bonds. The number of para-hydroxylation sites is 1. The zero-order valence-electron chi connectivity index (χ0n) is 64.7. The lowest BCUT2D eigenvalue weighted by molar-refractivity contribution is 0.661. The molecule has 0 bridgehead atoms. The van der Waals surface area contributed by atoms with E-state index in [-0.39, 0.29) is 5.41 Å². The number of hydrogen-bond donors (Lipinski definition) is 0. The standard InChI is InChI=1S/C111H71N7/c1-111(2)93-59-26-24-53-81(93)91-66-92-82-54-25-27-60-95(82)118(96(92)67-94(91)111)80-52-30-48-76(63-80)89-65-88(69-35-12-4-13-36-69)101-83-55-31-58-86-99(83)100-84(56-32-57-85(100)103(101)97(89)70-37-14-5-15-38-70)102-90(75-47-28-50-78(61-75)109-114-105(71-39-16-6-17-40-71)112-106(115-109)72-41-18-7-19-42-72)64-87(68-33-10-3-11-34-68)98(104(86)102)77-49-29-51-79(62-77)110-116-107(73-43-20-8-21-44-73)113-108(117-110)74-45-22-9-23-46-74/h3-67H,1-2H3. The van der Waals surface area contributed by atoms with E-state index in [2.05, 4.69) is 340 Å². The summed E-state index contributed by atoms with van der Waals surface area (Å²) < 4.78 is 2.51. The van der Waals surface area contributed by atoms with Gasteiger partial charge < -0.3 is 4.57 Å². The van der Waals surface area contributed by atoms with Gasteiger partial charge in [0.2, 0.25) is 0 Å². The molecule has 7 nitrogen and oxygen atoms in total. The third-order valence-corrected chi connectivity index (χ3v) is 24.4. The zero-order valence-corrected chi connectivity index (χ0v) is 64.7. The maximum Gasteiger partial charge on any atom is 0.164 e. The molecule has 1 aliphatic carbocycles. The van der Waals surface area contributed by atoms with Crippen molar-refractivity contribution in [2.24, 2.45) is 0 Å². The summed E-state index contributed by atoms with van der Waals surface area (Å²) in [4.78, 5) is 31.7. The van der Waals surface area contributed by atoms with Gasteiger partial charge in [-0.2, -0.15) is 0 Å². The van der Waals surface area contributed by atoms with E-state index in [9.17, 15) is 0 Å². The minimum Gasteiger partial charge on any atom is -0.309 e. The molecule has 3 heterocycles. The summed E-state index contributed by atoms with van der Waals surface area (Å²) in [5.41, 5.74) is 27.1. The largest absolute Gasteiger partial charge is 0.309 e.